The first kappa shape index (κ1) is 27.9. The summed E-state index contributed by atoms with van der Waals surface area (Å²) in [7, 11) is 1.58. The first-order valence-electron chi connectivity index (χ1n) is 13.5. The predicted molar refractivity (Wildman–Crippen MR) is 166 cm³/mol. The zero-order valence-electron chi connectivity index (χ0n) is 23.0. The van der Waals surface area contributed by atoms with Crippen LogP contribution in [0.3, 0.4) is 0 Å². The number of carbonyl (C=O) groups is 2. The van der Waals surface area contributed by atoms with Gasteiger partial charge in [0.05, 0.1) is 29.1 Å². The molecule has 212 valence electrons. The van der Waals surface area contributed by atoms with E-state index in [4.69, 9.17) is 16.7 Å². The Balaban J connectivity index is 1.51. The number of halogens is 2. The summed E-state index contributed by atoms with van der Waals surface area (Å²) in [5, 5.41) is 7.84. The fraction of sp³-hybridized carbons (Fsp3) is 0.188. The molecule has 1 aliphatic heterocycles. The van der Waals surface area contributed by atoms with Gasteiger partial charge in [-0.3, -0.25) is 19.0 Å². The fourth-order valence-corrected chi connectivity index (χ4v) is 5.96. The number of nitrogens with zero attached hydrogens (tertiary/aromatic N) is 4. The number of amides is 2. The summed E-state index contributed by atoms with van der Waals surface area (Å²) in [6.45, 7) is 2.16. The Morgan fingerprint density at radius 3 is 2.45 bits per heavy atom. The van der Waals surface area contributed by atoms with Crippen molar-refractivity contribution in [2.45, 2.75) is 32.4 Å². The van der Waals surface area contributed by atoms with Crippen molar-refractivity contribution in [2.24, 2.45) is 0 Å². The van der Waals surface area contributed by atoms with E-state index in [0.717, 1.165) is 11.1 Å². The molecule has 0 aliphatic carbocycles. The molecule has 42 heavy (non-hydrogen) atoms. The van der Waals surface area contributed by atoms with Gasteiger partial charge in [0.15, 0.2) is 0 Å². The van der Waals surface area contributed by atoms with Crippen LogP contribution in [0.5, 0.6) is 0 Å². The van der Waals surface area contributed by atoms with E-state index in [2.05, 4.69) is 21.2 Å². The molecule has 0 bridgehead atoms. The highest BCUT2D eigenvalue weighted by atomic mass is 79.9. The van der Waals surface area contributed by atoms with Crippen LogP contribution in [-0.2, 0) is 19.4 Å². The molecule has 8 nitrogen and oxygen atoms in total. The summed E-state index contributed by atoms with van der Waals surface area (Å²) in [5.74, 6) is -0.370. The standard InChI is InChI=1S/C32H27BrClN5O3/c1-19-14-25-28(18-37(19)31(41)22-10-13-26(33)27(34)16-22)39-30(23(17-36-39)15-20-6-4-3-5-7-20)38(32(25)42)24-11-8-21(9-12-24)29(40)35-2/h3-13,16-17,19H,14-15,18H2,1-2H3,(H,35,40). The Bertz CT molecular complexity index is 1900. The highest BCUT2D eigenvalue weighted by Crippen LogP contribution is 2.29. The zero-order valence-corrected chi connectivity index (χ0v) is 25.3. The lowest BCUT2D eigenvalue weighted by molar-refractivity contribution is 0.0651. The molecule has 3 aromatic carbocycles. The van der Waals surface area contributed by atoms with Gasteiger partial charge in [-0.15, -0.1) is 0 Å². The van der Waals surface area contributed by atoms with E-state index in [0.29, 0.717) is 56.1 Å². The molecule has 10 heteroatoms. The first-order valence-corrected chi connectivity index (χ1v) is 14.7. The maximum absolute atomic E-state index is 14.3. The Kier molecular flexibility index (Phi) is 7.47. The molecule has 0 saturated carbocycles. The molecule has 0 fully saturated rings. The van der Waals surface area contributed by atoms with Crippen molar-refractivity contribution in [3.63, 3.8) is 0 Å². The summed E-state index contributed by atoms with van der Waals surface area (Å²) in [5.41, 5.74) is 5.31. The number of rotatable bonds is 5. The van der Waals surface area contributed by atoms with E-state index in [-0.39, 0.29) is 30.0 Å². The Hall–Kier alpha value is -4.21. The van der Waals surface area contributed by atoms with Crippen LogP contribution >= 0.6 is 27.5 Å². The topological polar surface area (TPSA) is 88.7 Å². The molecular formula is C32H27BrClN5O3. The molecule has 6 rings (SSSR count). The molecule has 2 aromatic heterocycles. The van der Waals surface area contributed by atoms with Crippen LogP contribution in [-0.4, -0.2) is 44.0 Å². The lowest BCUT2D eigenvalue weighted by Gasteiger charge is -2.35. The summed E-state index contributed by atoms with van der Waals surface area (Å²) in [6.07, 6.45) is 2.72. The van der Waals surface area contributed by atoms with Crippen molar-refractivity contribution >= 4 is 45.0 Å². The van der Waals surface area contributed by atoms with E-state index >= 15 is 0 Å². The van der Waals surface area contributed by atoms with E-state index in [1.54, 1.807) is 69.7 Å². The molecule has 2 amide bonds. The van der Waals surface area contributed by atoms with Gasteiger partial charge in [0.1, 0.15) is 5.65 Å². The van der Waals surface area contributed by atoms with Gasteiger partial charge in [-0.05, 0) is 77.3 Å². The molecule has 0 saturated heterocycles. The molecule has 0 radical (unpaired) electrons. The second-order valence-corrected chi connectivity index (χ2v) is 11.6. The Morgan fingerprint density at radius 1 is 1.05 bits per heavy atom. The second-order valence-electron chi connectivity index (χ2n) is 10.4. The molecule has 1 unspecified atom stereocenters. The lowest BCUT2D eigenvalue weighted by Crippen LogP contribution is -2.46. The van der Waals surface area contributed by atoms with Crippen LogP contribution in [0.4, 0.5) is 0 Å². The van der Waals surface area contributed by atoms with Gasteiger partial charge in [-0.1, -0.05) is 41.9 Å². The van der Waals surface area contributed by atoms with E-state index in [1.807, 2.05) is 37.3 Å². The van der Waals surface area contributed by atoms with E-state index in [1.165, 1.54) is 0 Å². The van der Waals surface area contributed by atoms with Crippen LogP contribution in [0, 0.1) is 0 Å². The SMILES string of the molecule is CNC(=O)c1ccc(-n2c(=O)c3c(n4ncc(Cc5ccccc5)c24)CN(C(=O)c2ccc(Br)c(Cl)c2)C(C)C3)cc1. The largest absolute Gasteiger partial charge is 0.355 e. The van der Waals surface area contributed by atoms with E-state index in [9.17, 15) is 14.4 Å². The number of benzene rings is 3. The van der Waals surface area contributed by atoms with Gasteiger partial charge in [0.25, 0.3) is 17.4 Å². The number of nitrogens with one attached hydrogen (secondary N) is 1. The van der Waals surface area contributed by atoms with Crippen molar-refractivity contribution in [1.29, 1.82) is 0 Å². The van der Waals surface area contributed by atoms with Gasteiger partial charge in [-0.25, -0.2) is 4.52 Å². The van der Waals surface area contributed by atoms with E-state index < -0.39 is 0 Å². The summed E-state index contributed by atoms with van der Waals surface area (Å²) < 4.78 is 4.18. The van der Waals surface area contributed by atoms with Crippen molar-refractivity contribution < 1.29 is 9.59 Å². The minimum absolute atomic E-state index is 0.161. The second kappa shape index (κ2) is 11.2. The minimum Gasteiger partial charge on any atom is -0.355 e. The average Bonchev–Trinajstić information content (AvgIpc) is 3.41. The third kappa shape index (κ3) is 4.92. The van der Waals surface area contributed by atoms with Gasteiger partial charge in [0, 0.05) is 46.2 Å². The van der Waals surface area contributed by atoms with Gasteiger partial charge >= 0.3 is 0 Å². The third-order valence-corrected chi connectivity index (χ3v) is 8.96. The molecule has 1 N–H and O–H groups in total. The quantitative estimate of drug-likeness (QED) is 0.276. The van der Waals surface area contributed by atoms with Crippen LogP contribution in [0.15, 0.2) is 88.3 Å². The Labute approximate surface area is 255 Å². The number of hydrogen-bond acceptors (Lipinski definition) is 4. The monoisotopic (exact) mass is 643 g/mol. The number of fused-ring (bicyclic) bond motifs is 3. The minimum atomic E-state index is -0.235. The highest BCUT2D eigenvalue weighted by Gasteiger charge is 2.33. The average molecular weight is 645 g/mol. The van der Waals surface area contributed by atoms with Crippen molar-refractivity contribution in [3.8, 4) is 5.69 Å². The molecule has 3 heterocycles. The summed E-state index contributed by atoms with van der Waals surface area (Å²) >= 11 is 9.68. The Morgan fingerprint density at radius 2 is 1.76 bits per heavy atom. The fourth-order valence-electron chi connectivity index (χ4n) is 5.54. The van der Waals surface area contributed by atoms with Gasteiger partial charge < -0.3 is 10.2 Å². The molecular weight excluding hydrogens is 618 g/mol. The van der Waals surface area contributed by atoms with Crippen molar-refractivity contribution in [2.75, 3.05) is 7.05 Å². The van der Waals surface area contributed by atoms with Crippen molar-refractivity contribution in [3.05, 3.63) is 132 Å². The first-order chi connectivity index (χ1) is 20.3. The third-order valence-electron chi connectivity index (χ3n) is 7.73. The van der Waals surface area contributed by atoms with Crippen LogP contribution in [0.25, 0.3) is 11.3 Å². The molecule has 1 aliphatic rings. The maximum atomic E-state index is 14.3. The summed E-state index contributed by atoms with van der Waals surface area (Å²) in [4.78, 5) is 41.9. The normalized spacial score (nSPS) is 14.6. The molecule has 0 spiro atoms. The summed E-state index contributed by atoms with van der Waals surface area (Å²) in [6, 6.07) is 21.9. The number of aromatic nitrogens is 3. The van der Waals surface area contributed by atoms with Crippen LogP contribution in [0.1, 0.15) is 50.0 Å². The maximum Gasteiger partial charge on any atom is 0.261 e. The van der Waals surface area contributed by atoms with Crippen LogP contribution < -0.4 is 10.9 Å². The lowest BCUT2D eigenvalue weighted by atomic mass is 9.98. The highest BCUT2D eigenvalue weighted by molar-refractivity contribution is 9.10. The van der Waals surface area contributed by atoms with Crippen molar-refractivity contribution in [1.82, 2.24) is 24.4 Å². The van der Waals surface area contributed by atoms with Gasteiger partial charge in [0.2, 0.25) is 0 Å². The molecule has 1 atom stereocenters. The smallest absolute Gasteiger partial charge is 0.261 e. The number of carbonyl (C=O) groups excluding carboxylic acids is 2. The number of hydrogen-bond donors (Lipinski definition) is 1. The zero-order chi connectivity index (χ0) is 29.5. The predicted octanol–water partition coefficient (Wildman–Crippen LogP) is 5.44. The van der Waals surface area contributed by atoms with Crippen LogP contribution in [0.2, 0.25) is 5.02 Å². The molecule has 5 aromatic rings. The van der Waals surface area contributed by atoms with Gasteiger partial charge in [-0.2, -0.15) is 5.10 Å².